The molecule has 0 aliphatic heterocycles. The van der Waals surface area contributed by atoms with Crippen molar-refractivity contribution in [1.29, 1.82) is 0 Å². The lowest BCUT2D eigenvalue weighted by atomic mass is 10.2. The number of rotatable bonds is 1. The van der Waals surface area contributed by atoms with Gasteiger partial charge in [0.15, 0.2) is 5.78 Å². The molecule has 0 aliphatic rings. The van der Waals surface area contributed by atoms with Gasteiger partial charge in [0.25, 0.3) is 0 Å². The van der Waals surface area contributed by atoms with Crippen LogP contribution in [0.25, 0.3) is 11.0 Å². The molecule has 0 aromatic carbocycles. The van der Waals surface area contributed by atoms with Crippen LogP contribution in [0.15, 0.2) is 24.4 Å². The quantitative estimate of drug-likeness (QED) is 0.612. The zero-order valence-electron chi connectivity index (χ0n) is 7.11. The molecule has 1 radical (unpaired) electrons. The van der Waals surface area contributed by atoms with Crippen LogP contribution in [0.5, 0.6) is 0 Å². The summed E-state index contributed by atoms with van der Waals surface area (Å²) in [6.07, 6.45) is 4.26. The molecular formula is C10H7N2O. The van der Waals surface area contributed by atoms with Gasteiger partial charge < -0.3 is 0 Å². The zero-order valence-corrected chi connectivity index (χ0v) is 7.11. The smallest absolute Gasteiger partial charge is 0.161 e. The summed E-state index contributed by atoms with van der Waals surface area (Å²) in [5.41, 5.74) is 2.07. The van der Waals surface area contributed by atoms with Crippen LogP contribution in [-0.2, 0) is 0 Å². The molecule has 3 nitrogen and oxygen atoms in total. The normalized spacial score (nSPS) is 10.2. The van der Waals surface area contributed by atoms with Crippen molar-refractivity contribution in [2.24, 2.45) is 0 Å². The van der Waals surface area contributed by atoms with Gasteiger partial charge in [0.1, 0.15) is 0 Å². The summed E-state index contributed by atoms with van der Waals surface area (Å²) in [4.78, 5) is 19.1. The van der Waals surface area contributed by atoms with E-state index in [9.17, 15) is 4.79 Å². The molecule has 0 spiro atoms. The molecule has 2 rings (SSSR count). The van der Waals surface area contributed by atoms with Crippen molar-refractivity contribution < 1.29 is 4.79 Å². The lowest BCUT2D eigenvalue weighted by Crippen LogP contribution is -1.93. The first kappa shape index (κ1) is 7.86. The molecule has 0 saturated carbocycles. The highest BCUT2D eigenvalue weighted by Gasteiger charge is 2.01. The second-order valence-corrected chi connectivity index (χ2v) is 2.76. The summed E-state index contributed by atoms with van der Waals surface area (Å²) in [6.45, 7) is 1.51. The molecule has 0 fully saturated rings. The van der Waals surface area contributed by atoms with Crippen LogP contribution in [0.4, 0.5) is 0 Å². The van der Waals surface area contributed by atoms with Crippen LogP contribution in [-0.4, -0.2) is 15.8 Å². The molecule has 0 amide bonds. The zero-order chi connectivity index (χ0) is 9.26. The minimum Gasteiger partial charge on any atom is -0.294 e. The molecule has 3 heteroatoms. The van der Waals surface area contributed by atoms with E-state index in [1.165, 1.54) is 6.92 Å². The molecule has 0 N–H and O–H groups in total. The van der Waals surface area contributed by atoms with Crippen LogP contribution in [0.2, 0.25) is 0 Å². The first-order valence-corrected chi connectivity index (χ1v) is 3.91. The van der Waals surface area contributed by atoms with E-state index in [1.54, 1.807) is 18.3 Å². The van der Waals surface area contributed by atoms with Crippen molar-refractivity contribution in [1.82, 2.24) is 9.97 Å². The SMILES string of the molecule is CC(=O)c1cnc2cc[c]nc2c1. The first-order valence-electron chi connectivity index (χ1n) is 3.91. The van der Waals surface area contributed by atoms with E-state index < -0.39 is 0 Å². The van der Waals surface area contributed by atoms with Crippen molar-refractivity contribution in [2.75, 3.05) is 0 Å². The highest BCUT2D eigenvalue weighted by Crippen LogP contribution is 2.09. The second-order valence-electron chi connectivity index (χ2n) is 2.76. The van der Waals surface area contributed by atoms with Crippen LogP contribution in [0.3, 0.4) is 0 Å². The Balaban J connectivity index is 2.69. The maximum absolute atomic E-state index is 11.0. The van der Waals surface area contributed by atoms with Crippen molar-refractivity contribution in [3.05, 3.63) is 36.2 Å². The second kappa shape index (κ2) is 2.94. The Hall–Kier alpha value is -1.77. The highest BCUT2D eigenvalue weighted by atomic mass is 16.1. The number of pyridine rings is 2. The van der Waals surface area contributed by atoms with Gasteiger partial charge in [-0.1, -0.05) is 0 Å². The van der Waals surface area contributed by atoms with E-state index in [0.29, 0.717) is 11.1 Å². The Kier molecular flexibility index (Phi) is 1.77. The van der Waals surface area contributed by atoms with Gasteiger partial charge in [-0.2, -0.15) is 0 Å². The lowest BCUT2D eigenvalue weighted by Gasteiger charge is -1.97. The first-order chi connectivity index (χ1) is 6.27. The molecule has 0 unspecified atom stereocenters. The average molecular weight is 171 g/mol. The number of hydrogen-bond donors (Lipinski definition) is 0. The number of carbonyl (C=O) groups is 1. The third-order valence-electron chi connectivity index (χ3n) is 1.80. The molecule has 2 heterocycles. The van der Waals surface area contributed by atoms with Gasteiger partial charge in [-0.15, -0.1) is 0 Å². The molecule has 0 bridgehead atoms. The third kappa shape index (κ3) is 1.40. The number of ketones is 1. The average Bonchev–Trinajstić information content (AvgIpc) is 2.17. The summed E-state index contributed by atoms with van der Waals surface area (Å²) in [6, 6.07) is 5.23. The number of hydrogen-bond acceptors (Lipinski definition) is 3. The summed E-state index contributed by atoms with van der Waals surface area (Å²) in [7, 11) is 0. The monoisotopic (exact) mass is 171 g/mol. The number of nitrogens with zero attached hydrogens (tertiary/aromatic N) is 2. The number of Topliss-reactive ketones (excluding diaryl/α,β-unsaturated/α-hetero) is 1. The van der Waals surface area contributed by atoms with Gasteiger partial charge in [0.05, 0.1) is 17.2 Å². The van der Waals surface area contributed by atoms with Gasteiger partial charge >= 0.3 is 0 Å². The summed E-state index contributed by atoms with van der Waals surface area (Å²) in [5, 5.41) is 0. The molecule has 0 aliphatic carbocycles. The van der Waals surface area contributed by atoms with Crippen LogP contribution < -0.4 is 0 Å². The fourth-order valence-corrected chi connectivity index (χ4v) is 1.10. The number of aromatic nitrogens is 2. The van der Waals surface area contributed by atoms with Gasteiger partial charge in [-0.3, -0.25) is 9.78 Å². The minimum atomic E-state index is 0.0000491. The van der Waals surface area contributed by atoms with Gasteiger partial charge in [0, 0.05) is 11.8 Å². The van der Waals surface area contributed by atoms with Crippen molar-refractivity contribution in [3.63, 3.8) is 0 Å². The summed E-state index contributed by atoms with van der Waals surface area (Å²) >= 11 is 0. The minimum absolute atomic E-state index is 0.0000491. The topological polar surface area (TPSA) is 42.9 Å². The van der Waals surface area contributed by atoms with Gasteiger partial charge in [-0.25, -0.2) is 4.98 Å². The molecule has 13 heavy (non-hydrogen) atoms. The molecule has 63 valence electrons. The van der Waals surface area contributed by atoms with E-state index in [1.807, 2.05) is 6.07 Å². The molecular weight excluding hydrogens is 164 g/mol. The summed E-state index contributed by atoms with van der Waals surface area (Å²) in [5.74, 6) is 0.0000491. The van der Waals surface area contributed by atoms with E-state index >= 15 is 0 Å². The molecule has 2 aromatic heterocycles. The number of fused-ring (bicyclic) bond motifs is 1. The van der Waals surface area contributed by atoms with E-state index in [0.717, 1.165) is 5.52 Å². The van der Waals surface area contributed by atoms with Crippen LogP contribution >= 0.6 is 0 Å². The van der Waals surface area contributed by atoms with Crippen LogP contribution in [0.1, 0.15) is 17.3 Å². The lowest BCUT2D eigenvalue weighted by molar-refractivity contribution is 0.101. The largest absolute Gasteiger partial charge is 0.294 e. The standard InChI is InChI=1S/C10H7N2O/c1-7(13)8-5-10-9(12-6-8)3-2-4-11-10/h2-3,5-6H,1H3. The maximum atomic E-state index is 11.0. The Labute approximate surface area is 75.4 Å². The van der Waals surface area contributed by atoms with Crippen molar-refractivity contribution in [3.8, 4) is 0 Å². The summed E-state index contributed by atoms with van der Waals surface area (Å²) < 4.78 is 0. The molecule has 0 saturated heterocycles. The number of carbonyl (C=O) groups excluding carboxylic acids is 1. The van der Waals surface area contributed by atoms with Gasteiger partial charge in [0.2, 0.25) is 0 Å². The Morgan fingerprint density at radius 3 is 3.08 bits per heavy atom. The Morgan fingerprint density at radius 1 is 1.46 bits per heavy atom. The van der Waals surface area contributed by atoms with Crippen molar-refractivity contribution in [2.45, 2.75) is 6.92 Å². The third-order valence-corrected chi connectivity index (χ3v) is 1.80. The predicted octanol–water partition coefficient (Wildman–Crippen LogP) is 1.63. The maximum Gasteiger partial charge on any atom is 0.161 e. The Morgan fingerprint density at radius 2 is 2.31 bits per heavy atom. The Bertz CT molecular complexity index is 465. The predicted molar refractivity (Wildman–Crippen MR) is 48.4 cm³/mol. The van der Waals surface area contributed by atoms with Gasteiger partial charge in [-0.05, 0) is 25.1 Å². The fraction of sp³-hybridized carbons (Fsp3) is 0.100. The fourth-order valence-electron chi connectivity index (χ4n) is 1.10. The van der Waals surface area contributed by atoms with Crippen LogP contribution in [0, 0.1) is 6.20 Å². The highest BCUT2D eigenvalue weighted by molar-refractivity contribution is 5.96. The van der Waals surface area contributed by atoms with Crippen molar-refractivity contribution >= 4 is 16.8 Å². The van der Waals surface area contributed by atoms with E-state index in [-0.39, 0.29) is 5.78 Å². The molecule has 0 atom stereocenters. The van der Waals surface area contributed by atoms with E-state index in [4.69, 9.17) is 0 Å². The molecule has 2 aromatic rings. The van der Waals surface area contributed by atoms with E-state index in [2.05, 4.69) is 16.2 Å².